The Morgan fingerprint density at radius 2 is 1.82 bits per heavy atom. The summed E-state index contributed by atoms with van der Waals surface area (Å²) in [4.78, 5) is 32.1. The summed E-state index contributed by atoms with van der Waals surface area (Å²) in [6.07, 6.45) is 3.31. The second kappa shape index (κ2) is 7.00. The molecule has 0 saturated carbocycles. The molecule has 0 spiro atoms. The van der Waals surface area contributed by atoms with E-state index in [2.05, 4.69) is 9.97 Å². The lowest BCUT2D eigenvalue weighted by Crippen LogP contribution is -2.10. The van der Waals surface area contributed by atoms with Gasteiger partial charge in [-0.3, -0.25) is 9.59 Å². The number of hydrogen-bond acceptors (Lipinski definition) is 4. The van der Waals surface area contributed by atoms with Gasteiger partial charge in [-0.15, -0.1) is 0 Å². The van der Waals surface area contributed by atoms with E-state index in [1.54, 1.807) is 62.0 Å². The number of amides is 1. The summed E-state index contributed by atoms with van der Waals surface area (Å²) in [6, 6.07) is 15.8. The van der Waals surface area contributed by atoms with Crippen molar-refractivity contribution in [2.24, 2.45) is 5.73 Å². The van der Waals surface area contributed by atoms with Crippen molar-refractivity contribution in [1.29, 1.82) is 0 Å². The van der Waals surface area contributed by atoms with Crippen LogP contribution >= 0.6 is 0 Å². The Morgan fingerprint density at radius 3 is 2.61 bits per heavy atom. The van der Waals surface area contributed by atoms with Gasteiger partial charge < -0.3 is 15.5 Å². The lowest BCUT2D eigenvalue weighted by Gasteiger charge is -2.08. The molecule has 0 fully saturated rings. The van der Waals surface area contributed by atoms with Crippen LogP contribution in [0.15, 0.2) is 67.0 Å². The van der Waals surface area contributed by atoms with E-state index in [9.17, 15) is 9.59 Å². The monoisotopic (exact) mass is 371 g/mol. The average Bonchev–Trinajstić information content (AvgIpc) is 3.17. The maximum absolute atomic E-state index is 13.2. The van der Waals surface area contributed by atoms with Crippen LogP contribution in [0.5, 0.6) is 5.75 Å². The van der Waals surface area contributed by atoms with Crippen molar-refractivity contribution in [2.75, 3.05) is 7.11 Å². The fraction of sp³-hybridized carbons (Fsp3) is 0.0455. The highest BCUT2D eigenvalue weighted by molar-refractivity contribution is 6.18. The first-order valence-corrected chi connectivity index (χ1v) is 8.63. The molecule has 2 heterocycles. The molecule has 2 aromatic carbocycles. The SMILES string of the molecule is COc1cccc(C(=O)c2c[nH]c3nccc(-c4cccc(C(N)=O)c4)c23)c1. The minimum atomic E-state index is -0.506. The number of carbonyl (C=O) groups is 2. The first-order chi connectivity index (χ1) is 13.6. The minimum Gasteiger partial charge on any atom is -0.497 e. The van der Waals surface area contributed by atoms with Crippen LogP contribution in [-0.4, -0.2) is 28.8 Å². The van der Waals surface area contributed by atoms with Crippen LogP contribution in [0, 0.1) is 0 Å². The number of pyridine rings is 1. The molecule has 6 nitrogen and oxygen atoms in total. The molecule has 0 aliphatic heterocycles. The molecule has 4 rings (SSSR count). The molecule has 0 aliphatic carbocycles. The number of nitrogens with zero attached hydrogens (tertiary/aromatic N) is 1. The van der Waals surface area contributed by atoms with Crippen LogP contribution < -0.4 is 10.5 Å². The topological polar surface area (TPSA) is 98.1 Å². The van der Waals surface area contributed by atoms with Crippen LogP contribution in [0.2, 0.25) is 0 Å². The zero-order chi connectivity index (χ0) is 19.7. The molecule has 1 amide bonds. The Hall–Kier alpha value is -3.93. The highest BCUT2D eigenvalue weighted by Crippen LogP contribution is 2.32. The second-order valence-electron chi connectivity index (χ2n) is 6.29. The number of rotatable bonds is 5. The lowest BCUT2D eigenvalue weighted by molar-refractivity contribution is 0.0998. The molecule has 2 aromatic heterocycles. The third-order valence-electron chi connectivity index (χ3n) is 4.61. The number of ketones is 1. The Labute approximate surface area is 161 Å². The molecular formula is C22H17N3O3. The highest BCUT2D eigenvalue weighted by Gasteiger charge is 2.19. The summed E-state index contributed by atoms with van der Waals surface area (Å²) in [5.41, 5.74) is 8.99. The van der Waals surface area contributed by atoms with Gasteiger partial charge in [0.15, 0.2) is 5.78 Å². The summed E-state index contributed by atoms with van der Waals surface area (Å²) in [5, 5.41) is 0.692. The third-order valence-corrected chi connectivity index (χ3v) is 4.61. The van der Waals surface area contributed by atoms with Crippen molar-refractivity contribution in [3.8, 4) is 16.9 Å². The number of ether oxygens (including phenoxy) is 1. The van der Waals surface area contributed by atoms with E-state index in [-0.39, 0.29) is 5.78 Å². The molecule has 0 atom stereocenters. The van der Waals surface area contributed by atoms with Gasteiger partial charge in [-0.1, -0.05) is 24.3 Å². The molecule has 28 heavy (non-hydrogen) atoms. The molecule has 4 aromatic rings. The van der Waals surface area contributed by atoms with Gasteiger partial charge in [-0.05, 0) is 41.5 Å². The molecule has 138 valence electrons. The van der Waals surface area contributed by atoms with E-state index in [1.165, 1.54) is 0 Å². The van der Waals surface area contributed by atoms with Gasteiger partial charge in [-0.2, -0.15) is 0 Å². The molecule has 6 heteroatoms. The number of carbonyl (C=O) groups excluding carboxylic acids is 2. The summed E-state index contributed by atoms with van der Waals surface area (Å²) in [7, 11) is 1.56. The molecule has 3 N–H and O–H groups in total. The number of primary amides is 1. The van der Waals surface area contributed by atoms with Gasteiger partial charge in [0, 0.05) is 28.9 Å². The van der Waals surface area contributed by atoms with Crippen molar-refractivity contribution in [1.82, 2.24) is 9.97 Å². The molecular weight excluding hydrogens is 354 g/mol. The second-order valence-corrected chi connectivity index (χ2v) is 6.29. The van der Waals surface area contributed by atoms with Crippen LogP contribution in [-0.2, 0) is 0 Å². The van der Waals surface area contributed by atoms with Crippen LogP contribution in [0.1, 0.15) is 26.3 Å². The fourth-order valence-electron chi connectivity index (χ4n) is 3.24. The third kappa shape index (κ3) is 3.01. The quantitative estimate of drug-likeness (QED) is 0.524. The van der Waals surface area contributed by atoms with Gasteiger partial charge in [0.1, 0.15) is 11.4 Å². The van der Waals surface area contributed by atoms with Crippen LogP contribution in [0.4, 0.5) is 0 Å². The number of aromatic nitrogens is 2. The van der Waals surface area contributed by atoms with E-state index in [4.69, 9.17) is 10.5 Å². The predicted molar refractivity (Wildman–Crippen MR) is 106 cm³/mol. The molecule has 0 radical (unpaired) electrons. The Kier molecular flexibility index (Phi) is 4.37. The molecule has 0 saturated heterocycles. The molecule has 0 unspecified atom stereocenters. The molecule has 0 aliphatic rings. The maximum atomic E-state index is 13.2. The largest absolute Gasteiger partial charge is 0.497 e. The first kappa shape index (κ1) is 17.5. The lowest BCUT2D eigenvalue weighted by atomic mass is 9.96. The number of aromatic amines is 1. The van der Waals surface area contributed by atoms with Gasteiger partial charge in [0.2, 0.25) is 5.91 Å². The van der Waals surface area contributed by atoms with E-state index >= 15 is 0 Å². The number of nitrogens with two attached hydrogens (primary N) is 1. The van der Waals surface area contributed by atoms with Crippen LogP contribution in [0.3, 0.4) is 0 Å². The number of methoxy groups -OCH3 is 1. The minimum absolute atomic E-state index is 0.148. The number of nitrogens with one attached hydrogen (secondary N) is 1. The summed E-state index contributed by atoms with van der Waals surface area (Å²) >= 11 is 0. The summed E-state index contributed by atoms with van der Waals surface area (Å²) < 4.78 is 5.22. The highest BCUT2D eigenvalue weighted by atomic mass is 16.5. The fourth-order valence-corrected chi connectivity index (χ4v) is 3.24. The number of H-pyrrole nitrogens is 1. The van der Waals surface area contributed by atoms with Crippen molar-refractivity contribution in [2.45, 2.75) is 0 Å². The van der Waals surface area contributed by atoms with E-state index in [0.717, 1.165) is 11.1 Å². The average molecular weight is 371 g/mol. The van der Waals surface area contributed by atoms with Gasteiger partial charge in [0.05, 0.1) is 12.7 Å². The predicted octanol–water partition coefficient (Wildman–Crippen LogP) is 3.57. The van der Waals surface area contributed by atoms with E-state index in [0.29, 0.717) is 33.5 Å². The van der Waals surface area contributed by atoms with Crippen molar-refractivity contribution < 1.29 is 14.3 Å². The normalized spacial score (nSPS) is 10.8. The number of fused-ring (bicyclic) bond motifs is 1. The van der Waals surface area contributed by atoms with Gasteiger partial charge >= 0.3 is 0 Å². The van der Waals surface area contributed by atoms with Crippen LogP contribution in [0.25, 0.3) is 22.2 Å². The van der Waals surface area contributed by atoms with Gasteiger partial charge in [0.25, 0.3) is 0 Å². The Balaban J connectivity index is 1.89. The molecule has 0 bridgehead atoms. The van der Waals surface area contributed by atoms with Crippen molar-refractivity contribution in [3.05, 3.63) is 83.7 Å². The first-order valence-electron chi connectivity index (χ1n) is 8.63. The summed E-state index contributed by atoms with van der Waals surface area (Å²) in [5.74, 6) is -0.0439. The van der Waals surface area contributed by atoms with E-state index in [1.807, 2.05) is 12.1 Å². The number of hydrogen-bond donors (Lipinski definition) is 2. The maximum Gasteiger partial charge on any atom is 0.248 e. The summed E-state index contributed by atoms with van der Waals surface area (Å²) in [6.45, 7) is 0. The van der Waals surface area contributed by atoms with Gasteiger partial charge in [-0.25, -0.2) is 4.98 Å². The Bertz CT molecular complexity index is 1210. The standard InChI is InChI=1S/C22H17N3O3/c1-28-16-7-3-5-14(11-16)20(26)18-12-25-22-19(18)17(8-9-24-22)13-4-2-6-15(10-13)21(23)27/h2-12H,1H3,(H2,23,27)(H,24,25). The van der Waals surface area contributed by atoms with Crippen molar-refractivity contribution >= 4 is 22.7 Å². The zero-order valence-corrected chi connectivity index (χ0v) is 15.1. The smallest absolute Gasteiger partial charge is 0.248 e. The van der Waals surface area contributed by atoms with E-state index < -0.39 is 5.91 Å². The Morgan fingerprint density at radius 1 is 1.04 bits per heavy atom. The zero-order valence-electron chi connectivity index (χ0n) is 15.1. The van der Waals surface area contributed by atoms with Crippen molar-refractivity contribution in [3.63, 3.8) is 0 Å². The number of benzene rings is 2.